The zero-order valence-corrected chi connectivity index (χ0v) is 16.7. The number of aromatic nitrogens is 5. The van der Waals surface area contributed by atoms with Crippen LogP contribution in [0.4, 0.5) is 11.6 Å². The first-order valence-electron chi connectivity index (χ1n) is 9.85. The number of fused-ring (bicyclic) bond motifs is 3. The zero-order valence-electron chi connectivity index (χ0n) is 16.7. The molecule has 0 fully saturated rings. The molecule has 156 valence electrons. The maximum atomic E-state index is 6.14. The molecule has 0 spiro atoms. The summed E-state index contributed by atoms with van der Waals surface area (Å²) in [5.41, 5.74) is 15.4. The molecule has 6 rings (SSSR count). The number of anilines is 2. The van der Waals surface area contributed by atoms with Gasteiger partial charge in [0.1, 0.15) is 18.0 Å². The lowest BCUT2D eigenvalue weighted by atomic mass is 10.2. The highest BCUT2D eigenvalue weighted by atomic mass is 16.5. The largest absolute Gasteiger partial charge is 0.421 e. The Hall–Kier alpha value is -4.79. The Morgan fingerprint density at radius 2 is 1.12 bits per heavy atom. The summed E-state index contributed by atoms with van der Waals surface area (Å²) in [5.74, 6) is 2.85. The molecule has 0 aliphatic carbocycles. The summed E-state index contributed by atoms with van der Waals surface area (Å²) >= 11 is 0. The van der Waals surface area contributed by atoms with Crippen molar-refractivity contribution in [3.05, 3.63) is 79.4 Å². The molecule has 2 aliphatic rings. The summed E-state index contributed by atoms with van der Waals surface area (Å²) < 4.78 is 15.9. The van der Waals surface area contributed by atoms with Gasteiger partial charge in [-0.05, 0) is 36.4 Å². The molecule has 2 aliphatic heterocycles. The van der Waals surface area contributed by atoms with E-state index < -0.39 is 0 Å². The molecule has 6 heterocycles. The molecule has 0 atom stereocenters. The standard InChI is InChI=1S/C23H17N7O2/c24-18-5-1-3-14-7-9-20(29(14)18)31-22-16-11-26-12-17(16)23(28-13-27-22)32-21-10-8-15-4-2-6-19(25)30(15)21/h1-13H,24-25H2. The fourth-order valence-corrected chi connectivity index (χ4v) is 3.78. The first-order valence-corrected chi connectivity index (χ1v) is 9.85. The Morgan fingerprint density at radius 3 is 1.62 bits per heavy atom. The third kappa shape index (κ3) is 2.76. The number of hydrogen-bond acceptors (Lipinski definition) is 7. The summed E-state index contributed by atoms with van der Waals surface area (Å²) in [7, 11) is 0. The fourth-order valence-electron chi connectivity index (χ4n) is 3.78. The van der Waals surface area contributed by atoms with Gasteiger partial charge in [-0.15, -0.1) is 0 Å². The van der Waals surface area contributed by atoms with Gasteiger partial charge in [-0.25, -0.2) is 9.97 Å². The third-order valence-corrected chi connectivity index (χ3v) is 5.25. The van der Waals surface area contributed by atoms with E-state index in [0.29, 0.717) is 46.3 Å². The highest BCUT2D eigenvalue weighted by Gasteiger charge is 2.20. The lowest BCUT2D eigenvalue weighted by Gasteiger charge is -2.09. The molecule has 4 N–H and O–H groups in total. The van der Waals surface area contributed by atoms with Gasteiger partial charge in [0.15, 0.2) is 0 Å². The van der Waals surface area contributed by atoms with Crippen LogP contribution in [-0.2, 0) is 0 Å². The first kappa shape index (κ1) is 18.0. The summed E-state index contributed by atoms with van der Waals surface area (Å²) in [4.78, 5) is 13.0. The predicted molar refractivity (Wildman–Crippen MR) is 120 cm³/mol. The van der Waals surface area contributed by atoms with Gasteiger partial charge < -0.3 is 20.9 Å². The van der Waals surface area contributed by atoms with Crippen LogP contribution in [0.3, 0.4) is 0 Å². The monoisotopic (exact) mass is 423 g/mol. The fraction of sp³-hybridized carbons (Fsp3) is 0. The average Bonchev–Trinajstić information content (AvgIpc) is 3.50. The van der Waals surface area contributed by atoms with Gasteiger partial charge in [0.2, 0.25) is 23.5 Å². The van der Waals surface area contributed by atoms with Crippen LogP contribution in [0.15, 0.2) is 79.4 Å². The maximum absolute atomic E-state index is 6.14. The van der Waals surface area contributed by atoms with Gasteiger partial charge in [-0.2, -0.15) is 0 Å². The van der Waals surface area contributed by atoms with Crippen LogP contribution in [0.2, 0.25) is 0 Å². The Morgan fingerprint density at radius 1 is 0.625 bits per heavy atom. The lowest BCUT2D eigenvalue weighted by Crippen LogP contribution is -1.99. The van der Waals surface area contributed by atoms with Crippen molar-refractivity contribution >= 4 is 22.7 Å². The van der Waals surface area contributed by atoms with E-state index in [0.717, 1.165) is 11.0 Å². The van der Waals surface area contributed by atoms with Crippen molar-refractivity contribution in [3.63, 3.8) is 0 Å². The minimum Gasteiger partial charge on any atom is -0.421 e. The molecular formula is C23H17N7O2. The molecule has 0 saturated heterocycles. The second-order valence-electron chi connectivity index (χ2n) is 7.19. The topological polar surface area (TPSA) is 118 Å². The van der Waals surface area contributed by atoms with Gasteiger partial charge in [-0.1, -0.05) is 12.1 Å². The van der Waals surface area contributed by atoms with Crippen LogP contribution >= 0.6 is 0 Å². The first-order chi connectivity index (χ1) is 15.7. The van der Waals surface area contributed by atoms with E-state index in [1.54, 1.807) is 33.3 Å². The van der Waals surface area contributed by atoms with Gasteiger partial charge in [-0.3, -0.25) is 13.8 Å². The summed E-state index contributed by atoms with van der Waals surface area (Å²) in [6, 6.07) is 18.8. The Bertz CT molecular complexity index is 1460. The lowest BCUT2D eigenvalue weighted by molar-refractivity contribution is 0.443. The van der Waals surface area contributed by atoms with Crippen LogP contribution in [0, 0.1) is 0 Å². The molecule has 9 heteroatoms. The van der Waals surface area contributed by atoms with E-state index in [2.05, 4.69) is 15.0 Å². The van der Waals surface area contributed by atoms with Gasteiger partial charge >= 0.3 is 0 Å². The third-order valence-electron chi connectivity index (χ3n) is 5.25. The molecule has 0 unspecified atom stereocenters. The van der Waals surface area contributed by atoms with Crippen molar-refractivity contribution in [2.75, 3.05) is 11.5 Å². The molecule has 0 saturated carbocycles. The normalized spacial score (nSPS) is 11.4. The van der Waals surface area contributed by atoms with Crippen molar-refractivity contribution < 1.29 is 9.47 Å². The number of nitrogen functional groups attached to an aromatic ring is 2. The molecular weight excluding hydrogens is 406 g/mol. The number of nitrogens with zero attached hydrogens (tertiary/aromatic N) is 5. The Kier molecular flexibility index (Phi) is 3.87. The number of nitrogens with two attached hydrogens (primary N) is 2. The molecule has 0 amide bonds. The SMILES string of the molecule is Nc1cccc2ccc(Oc3ncnc(Oc4ccc5cccc(N)n45)c4cncc3-4)n12. The van der Waals surface area contributed by atoms with E-state index in [9.17, 15) is 0 Å². The van der Waals surface area contributed by atoms with Crippen molar-refractivity contribution in [2.45, 2.75) is 0 Å². The van der Waals surface area contributed by atoms with E-state index in [4.69, 9.17) is 20.9 Å². The van der Waals surface area contributed by atoms with Gasteiger partial charge in [0, 0.05) is 24.5 Å². The number of pyridine rings is 2. The van der Waals surface area contributed by atoms with Crippen molar-refractivity contribution in [1.82, 2.24) is 23.8 Å². The van der Waals surface area contributed by atoms with E-state index in [1.807, 2.05) is 48.5 Å². The molecule has 0 radical (unpaired) electrons. The van der Waals surface area contributed by atoms with E-state index in [1.165, 1.54) is 6.33 Å². The van der Waals surface area contributed by atoms with Crippen molar-refractivity contribution in [1.29, 1.82) is 0 Å². The molecule has 0 aromatic carbocycles. The van der Waals surface area contributed by atoms with E-state index >= 15 is 0 Å². The minimum absolute atomic E-state index is 0.336. The van der Waals surface area contributed by atoms with Crippen LogP contribution in [0.25, 0.3) is 22.2 Å². The molecule has 9 nitrogen and oxygen atoms in total. The highest BCUT2D eigenvalue weighted by molar-refractivity contribution is 5.73. The smallest absolute Gasteiger partial charge is 0.232 e. The predicted octanol–water partition coefficient (Wildman–Crippen LogP) is 4.23. The van der Waals surface area contributed by atoms with Crippen molar-refractivity contribution in [3.8, 4) is 34.6 Å². The molecule has 32 heavy (non-hydrogen) atoms. The van der Waals surface area contributed by atoms with Crippen LogP contribution in [0.5, 0.6) is 23.5 Å². The second kappa shape index (κ2) is 6.88. The zero-order chi connectivity index (χ0) is 21.7. The minimum atomic E-state index is 0.336. The maximum Gasteiger partial charge on any atom is 0.232 e. The van der Waals surface area contributed by atoms with E-state index in [-0.39, 0.29) is 0 Å². The highest BCUT2D eigenvalue weighted by Crippen LogP contribution is 2.39. The second-order valence-corrected chi connectivity index (χ2v) is 7.19. The quantitative estimate of drug-likeness (QED) is 0.435. The number of ether oxygens (including phenoxy) is 2. The summed E-state index contributed by atoms with van der Waals surface area (Å²) in [6.07, 6.45) is 4.72. The number of rotatable bonds is 4. The van der Waals surface area contributed by atoms with Gasteiger partial charge in [0.05, 0.1) is 22.2 Å². The summed E-state index contributed by atoms with van der Waals surface area (Å²) in [5, 5.41) is 0. The van der Waals surface area contributed by atoms with Crippen LogP contribution in [-0.4, -0.2) is 23.8 Å². The summed E-state index contributed by atoms with van der Waals surface area (Å²) in [6.45, 7) is 0. The Labute approximate surface area is 181 Å². The average molecular weight is 423 g/mol. The Balaban J connectivity index is 1.40. The molecule has 4 aromatic heterocycles. The van der Waals surface area contributed by atoms with Gasteiger partial charge in [0.25, 0.3) is 0 Å². The van der Waals surface area contributed by atoms with Crippen molar-refractivity contribution in [2.24, 2.45) is 0 Å². The van der Waals surface area contributed by atoms with Crippen LogP contribution in [0.1, 0.15) is 0 Å². The van der Waals surface area contributed by atoms with Crippen LogP contribution < -0.4 is 20.9 Å². The molecule has 0 bridgehead atoms. The number of hydrogen-bond donors (Lipinski definition) is 2. The molecule has 4 aromatic rings.